The number of likely N-dealkylation sites (tertiary alicyclic amines) is 2. The van der Waals surface area contributed by atoms with Crippen LogP contribution in [0.2, 0.25) is 0 Å². The first kappa shape index (κ1) is 20.2. The Morgan fingerprint density at radius 1 is 1.14 bits per heavy atom. The highest BCUT2D eigenvalue weighted by molar-refractivity contribution is 5.89. The number of halogens is 3. The number of carbonyl (C=O) groups excluding carboxylic acids is 3. The number of benzene rings is 1. The molecule has 2 saturated heterocycles. The van der Waals surface area contributed by atoms with Gasteiger partial charge in [-0.05, 0) is 30.5 Å². The molecule has 2 N–H and O–H groups in total. The Hall–Kier alpha value is -2.58. The highest BCUT2D eigenvalue weighted by atomic mass is 19.4. The Bertz CT molecular complexity index is 773. The summed E-state index contributed by atoms with van der Waals surface area (Å²) in [7, 11) is 0. The third kappa shape index (κ3) is 4.45. The SMILES string of the molecule is NC(=O)C1CCN(C(=O)C2CC(=O)N(Cc3cccc(C(F)(F)F)c3)C2)CC1. The van der Waals surface area contributed by atoms with Gasteiger partial charge in [-0.1, -0.05) is 12.1 Å². The Morgan fingerprint density at radius 2 is 1.82 bits per heavy atom. The highest BCUT2D eigenvalue weighted by Gasteiger charge is 2.38. The summed E-state index contributed by atoms with van der Waals surface area (Å²) in [6.07, 6.45) is -3.38. The molecule has 2 heterocycles. The van der Waals surface area contributed by atoms with Gasteiger partial charge in [0.15, 0.2) is 0 Å². The topological polar surface area (TPSA) is 83.7 Å². The second kappa shape index (κ2) is 7.81. The van der Waals surface area contributed by atoms with Gasteiger partial charge in [-0.3, -0.25) is 14.4 Å². The summed E-state index contributed by atoms with van der Waals surface area (Å²) < 4.78 is 38.5. The van der Waals surface area contributed by atoms with Crippen molar-refractivity contribution >= 4 is 17.7 Å². The highest BCUT2D eigenvalue weighted by Crippen LogP contribution is 2.30. The first-order chi connectivity index (χ1) is 13.1. The van der Waals surface area contributed by atoms with Crippen molar-refractivity contribution in [1.82, 2.24) is 9.80 Å². The standard InChI is InChI=1S/C19H22F3N3O3/c20-19(21,22)15-3-1-2-12(8-15)10-25-11-14(9-16(25)26)18(28)24-6-4-13(5-7-24)17(23)27/h1-3,8,13-14H,4-7,9-11H2,(H2,23,27). The Balaban J connectivity index is 1.60. The van der Waals surface area contributed by atoms with Crippen LogP contribution >= 0.6 is 0 Å². The fourth-order valence-electron chi connectivity index (χ4n) is 3.80. The summed E-state index contributed by atoms with van der Waals surface area (Å²) in [6, 6.07) is 4.85. The summed E-state index contributed by atoms with van der Waals surface area (Å²) in [5.74, 6) is -1.50. The zero-order chi connectivity index (χ0) is 20.5. The molecule has 1 aromatic carbocycles. The summed E-state index contributed by atoms with van der Waals surface area (Å²) in [5.41, 5.74) is 4.91. The van der Waals surface area contributed by atoms with Crippen LogP contribution in [0.15, 0.2) is 24.3 Å². The van der Waals surface area contributed by atoms with Crippen molar-refractivity contribution in [2.45, 2.75) is 32.0 Å². The average Bonchev–Trinajstić information content (AvgIpc) is 3.01. The van der Waals surface area contributed by atoms with E-state index in [2.05, 4.69) is 0 Å². The molecule has 9 heteroatoms. The van der Waals surface area contributed by atoms with Crippen LogP contribution in [0, 0.1) is 11.8 Å². The lowest BCUT2D eigenvalue weighted by molar-refractivity contribution is -0.138. The molecular weight excluding hydrogens is 375 g/mol. The number of hydrogen-bond acceptors (Lipinski definition) is 3. The van der Waals surface area contributed by atoms with Crippen molar-refractivity contribution < 1.29 is 27.6 Å². The predicted octanol–water partition coefficient (Wildman–Crippen LogP) is 1.78. The van der Waals surface area contributed by atoms with Gasteiger partial charge in [0.05, 0.1) is 11.5 Å². The maximum atomic E-state index is 12.8. The first-order valence-corrected chi connectivity index (χ1v) is 9.17. The number of nitrogens with two attached hydrogens (primary N) is 1. The van der Waals surface area contributed by atoms with Crippen molar-refractivity contribution in [3.8, 4) is 0 Å². The van der Waals surface area contributed by atoms with E-state index in [4.69, 9.17) is 5.73 Å². The second-order valence-corrected chi connectivity index (χ2v) is 7.38. The van der Waals surface area contributed by atoms with Gasteiger partial charge in [-0.25, -0.2) is 0 Å². The van der Waals surface area contributed by atoms with Gasteiger partial charge in [0, 0.05) is 38.5 Å². The lowest BCUT2D eigenvalue weighted by Crippen LogP contribution is -2.44. The molecule has 0 bridgehead atoms. The minimum Gasteiger partial charge on any atom is -0.369 e. The van der Waals surface area contributed by atoms with Gasteiger partial charge in [0.1, 0.15) is 0 Å². The number of alkyl halides is 3. The molecule has 28 heavy (non-hydrogen) atoms. The van der Waals surface area contributed by atoms with Gasteiger partial charge in [-0.15, -0.1) is 0 Å². The Morgan fingerprint density at radius 3 is 2.43 bits per heavy atom. The van der Waals surface area contributed by atoms with Crippen LogP contribution in [0.4, 0.5) is 13.2 Å². The maximum Gasteiger partial charge on any atom is 0.416 e. The predicted molar refractivity (Wildman–Crippen MR) is 93.5 cm³/mol. The molecule has 0 aromatic heterocycles. The molecule has 1 atom stereocenters. The van der Waals surface area contributed by atoms with Gasteiger partial charge in [0.25, 0.3) is 0 Å². The molecule has 0 spiro atoms. The van der Waals surface area contributed by atoms with Gasteiger partial charge < -0.3 is 15.5 Å². The number of piperidine rings is 1. The quantitative estimate of drug-likeness (QED) is 0.841. The molecule has 3 rings (SSSR count). The molecule has 2 aliphatic heterocycles. The van der Waals surface area contributed by atoms with E-state index in [0.717, 1.165) is 12.1 Å². The lowest BCUT2D eigenvalue weighted by atomic mass is 9.95. The van der Waals surface area contributed by atoms with E-state index in [-0.39, 0.29) is 43.1 Å². The minimum atomic E-state index is -4.44. The summed E-state index contributed by atoms with van der Waals surface area (Å²) in [4.78, 5) is 39.3. The average molecular weight is 397 g/mol. The van der Waals surface area contributed by atoms with Crippen LogP contribution in [0.25, 0.3) is 0 Å². The molecule has 3 amide bonds. The van der Waals surface area contributed by atoms with E-state index in [0.29, 0.717) is 31.5 Å². The van der Waals surface area contributed by atoms with Gasteiger partial charge in [-0.2, -0.15) is 13.2 Å². The van der Waals surface area contributed by atoms with Crippen molar-refractivity contribution in [3.05, 3.63) is 35.4 Å². The van der Waals surface area contributed by atoms with Gasteiger partial charge in [0.2, 0.25) is 17.7 Å². The van der Waals surface area contributed by atoms with Gasteiger partial charge >= 0.3 is 6.18 Å². The number of rotatable bonds is 4. The van der Waals surface area contributed by atoms with Crippen LogP contribution in [0.3, 0.4) is 0 Å². The van der Waals surface area contributed by atoms with Crippen molar-refractivity contribution in [2.75, 3.05) is 19.6 Å². The molecule has 2 fully saturated rings. The lowest BCUT2D eigenvalue weighted by Gasteiger charge is -2.32. The number of amides is 3. The summed E-state index contributed by atoms with van der Waals surface area (Å²) >= 11 is 0. The normalized spacial score (nSPS) is 21.2. The first-order valence-electron chi connectivity index (χ1n) is 9.17. The molecule has 0 aliphatic carbocycles. The van der Waals surface area contributed by atoms with Crippen LogP contribution in [0.1, 0.15) is 30.4 Å². The largest absolute Gasteiger partial charge is 0.416 e. The fourth-order valence-corrected chi connectivity index (χ4v) is 3.80. The number of nitrogens with zero attached hydrogens (tertiary/aromatic N) is 2. The van der Waals surface area contributed by atoms with E-state index < -0.39 is 17.7 Å². The molecule has 2 aliphatic rings. The van der Waals surface area contributed by atoms with Crippen LogP contribution in [-0.4, -0.2) is 47.2 Å². The van der Waals surface area contributed by atoms with E-state index in [9.17, 15) is 27.6 Å². The number of hydrogen-bond donors (Lipinski definition) is 1. The zero-order valence-electron chi connectivity index (χ0n) is 15.2. The van der Waals surface area contributed by atoms with Crippen molar-refractivity contribution in [3.63, 3.8) is 0 Å². The second-order valence-electron chi connectivity index (χ2n) is 7.38. The van der Waals surface area contributed by atoms with Crippen molar-refractivity contribution in [2.24, 2.45) is 17.6 Å². The van der Waals surface area contributed by atoms with E-state index in [1.54, 1.807) is 4.90 Å². The van der Waals surface area contributed by atoms with Crippen LogP contribution in [0.5, 0.6) is 0 Å². The molecule has 0 saturated carbocycles. The summed E-state index contributed by atoms with van der Waals surface area (Å²) in [6.45, 7) is 1.06. The molecule has 0 radical (unpaired) electrons. The van der Waals surface area contributed by atoms with E-state index in [1.165, 1.54) is 17.0 Å². The maximum absolute atomic E-state index is 12.8. The molecule has 1 unspecified atom stereocenters. The fraction of sp³-hybridized carbons (Fsp3) is 0.526. The molecule has 152 valence electrons. The van der Waals surface area contributed by atoms with Crippen molar-refractivity contribution in [1.29, 1.82) is 0 Å². The third-order valence-electron chi connectivity index (χ3n) is 5.40. The molecule has 6 nitrogen and oxygen atoms in total. The minimum absolute atomic E-state index is 0.0380. The monoisotopic (exact) mass is 397 g/mol. The number of carbonyl (C=O) groups is 3. The molecular formula is C19H22F3N3O3. The number of primary amides is 1. The van der Waals surface area contributed by atoms with Crippen LogP contribution in [-0.2, 0) is 27.1 Å². The van der Waals surface area contributed by atoms with Crippen LogP contribution < -0.4 is 5.73 Å². The Labute approximate surface area is 160 Å². The Kier molecular flexibility index (Phi) is 5.62. The van der Waals surface area contributed by atoms with E-state index >= 15 is 0 Å². The third-order valence-corrected chi connectivity index (χ3v) is 5.40. The zero-order valence-corrected chi connectivity index (χ0v) is 15.2. The molecule has 1 aromatic rings. The smallest absolute Gasteiger partial charge is 0.369 e. The van der Waals surface area contributed by atoms with E-state index in [1.807, 2.05) is 0 Å². The summed E-state index contributed by atoms with van der Waals surface area (Å²) in [5, 5.41) is 0.